The van der Waals surface area contributed by atoms with Gasteiger partial charge in [0, 0.05) is 11.7 Å². The van der Waals surface area contributed by atoms with Gasteiger partial charge in [0.15, 0.2) is 0 Å². The van der Waals surface area contributed by atoms with Crippen LogP contribution in [0.4, 0.5) is 5.69 Å². The number of hydrogen-bond acceptors (Lipinski definition) is 2. The number of carbonyl (C=O) groups is 2. The van der Waals surface area contributed by atoms with Gasteiger partial charge in [0.25, 0.3) is 0 Å². The van der Waals surface area contributed by atoms with Crippen LogP contribution in [-0.4, -0.2) is 17.9 Å². The Morgan fingerprint density at radius 1 is 0.731 bits per heavy atom. The van der Waals surface area contributed by atoms with Gasteiger partial charge in [-0.05, 0) is 49.9 Å². The predicted molar refractivity (Wildman–Crippen MR) is 107 cm³/mol. The largest absolute Gasteiger partial charge is 0.345 e. The second kappa shape index (κ2) is 11.0. The molecular weight excluding hydrogens is 324 g/mol. The van der Waals surface area contributed by atoms with E-state index in [0.717, 1.165) is 36.8 Å². The molecule has 2 N–H and O–H groups in total. The minimum atomic E-state index is -0.568. The SMILES string of the molecule is Cc1cc(C)cc(NC(=O)C(=O)NC2CCCCCCCCCCC2)c1. The van der Waals surface area contributed by atoms with Crippen molar-refractivity contribution in [1.29, 1.82) is 0 Å². The summed E-state index contributed by atoms with van der Waals surface area (Å²) in [7, 11) is 0. The number of amides is 2. The van der Waals surface area contributed by atoms with Crippen LogP contribution in [-0.2, 0) is 9.59 Å². The van der Waals surface area contributed by atoms with Crippen molar-refractivity contribution in [2.75, 3.05) is 5.32 Å². The van der Waals surface area contributed by atoms with Crippen LogP contribution in [0.5, 0.6) is 0 Å². The van der Waals surface area contributed by atoms with E-state index in [4.69, 9.17) is 0 Å². The summed E-state index contributed by atoms with van der Waals surface area (Å²) in [4.78, 5) is 24.6. The van der Waals surface area contributed by atoms with Crippen LogP contribution in [0.15, 0.2) is 18.2 Å². The van der Waals surface area contributed by atoms with Crippen molar-refractivity contribution in [3.8, 4) is 0 Å². The van der Waals surface area contributed by atoms with E-state index in [1.54, 1.807) is 0 Å². The van der Waals surface area contributed by atoms with E-state index < -0.39 is 11.8 Å². The first-order valence-corrected chi connectivity index (χ1v) is 10.2. The fourth-order valence-electron chi connectivity index (χ4n) is 3.79. The Kier molecular flexibility index (Phi) is 8.66. The lowest BCUT2D eigenvalue weighted by molar-refractivity contribution is -0.136. The smallest absolute Gasteiger partial charge is 0.313 e. The quantitative estimate of drug-likeness (QED) is 0.728. The Hall–Kier alpha value is -1.84. The molecule has 1 aromatic carbocycles. The predicted octanol–water partition coefficient (Wildman–Crippen LogP) is 5.03. The Bertz CT molecular complexity index is 566. The third-order valence-electron chi connectivity index (χ3n) is 5.13. The highest BCUT2D eigenvalue weighted by Crippen LogP contribution is 2.17. The van der Waals surface area contributed by atoms with Crippen molar-refractivity contribution < 1.29 is 9.59 Å². The van der Waals surface area contributed by atoms with E-state index in [1.807, 2.05) is 32.0 Å². The molecule has 1 saturated carbocycles. The van der Waals surface area contributed by atoms with Gasteiger partial charge in [-0.1, -0.05) is 63.9 Å². The molecule has 2 amide bonds. The highest BCUT2D eigenvalue weighted by atomic mass is 16.2. The lowest BCUT2D eigenvalue weighted by Crippen LogP contribution is -2.42. The molecule has 0 bridgehead atoms. The maximum atomic E-state index is 12.3. The molecule has 0 saturated heterocycles. The molecule has 0 aliphatic heterocycles. The van der Waals surface area contributed by atoms with Gasteiger partial charge in [0.2, 0.25) is 0 Å². The molecule has 1 aliphatic carbocycles. The van der Waals surface area contributed by atoms with Crippen LogP contribution in [0.1, 0.15) is 81.8 Å². The van der Waals surface area contributed by atoms with E-state index in [9.17, 15) is 9.59 Å². The van der Waals surface area contributed by atoms with Crippen LogP contribution in [0, 0.1) is 13.8 Å². The average Bonchev–Trinajstić information content (AvgIpc) is 2.56. The summed E-state index contributed by atoms with van der Waals surface area (Å²) in [5.41, 5.74) is 2.82. The zero-order valence-corrected chi connectivity index (χ0v) is 16.4. The molecule has 0 radical (unpaired) electrons. The topological polar surface area (TPSA) is 58.2 Å². The Morgan fingerprint density at radius 3 is 1.69 bits per heavy atom. The molecule has 0 unspecified atom stereocenters. The zero-order valence-electron chi connectivity index (χ0n) is 16.4. The van der Waals surface area contributed by atoms with E-state index in [2.05, 4.69) is 10.6 Å². The zero-order chi connectivity index (χ0) is 18.8. The fourth-order valence-corrected chi connectivity index (χ4v) is 3.79. The summed E-state index contributed by atoms with van der Waals surface area (Å²) in [6.45, 7) is 3.96. The van der Waals surface area contributed by atoms with Crippen molar-refractivity contribution >= 4 is 17.5 Å². The molecule has 0 aromatic heterocycles. The Labute approximate surface area is 158 Å². The van der Waals surface area contributed by atoms with Gasteiger partial charge in [-0.15, -0.1) is 0 Å². The molecular formula is C22H34N2O2. The molecule has 144 valence electrons. The molecule has 1 aliphatic rings. The molecule has 0 atom stereocenters. The molecule has 2 rings (SSSR count). The molecule has 0 heterocycles. The minimum absolute atomic E-state index is 0.118. The molecule has 26 heavy (non-hydrogen) atoms. The third-order valence-corrected chi connectivity index (χ3v) is 5.13. The van der Waals surface area contributed by atoms with Gasteiger partial charge >= 0.3 is 11.8 Å². The number of carbonyl (C=O) groups excluding carboxylic acids is 2. The average molecular weight is 359 g/mol. The number of nitrogens with one attached hydrogen (secondary N) is 2. The van der Waals surface area contributed by atoms with Crippen LogP contribution < -0.4 is 10.6 Å². The Morgan fingerprint density at radius 2 is 1.19 bits per heavy atom. The summed E-state index contributed by atoms with van der Waals surface area (Å²) in [5.74, 6) is -1.08. The maximum absolute atomic E-state index is 12.3. The standard InChI is InChI=1S/C22H34N2O2/c1-17-14-18(2)16-20(15-17)24-22(26)21(25)23-19-12-10-8-6-4-3-5-7-9-11-13-19/h14-16,19H,3-13H2,1-2H3,(H,23,25)(H,24,26). The summed E-state index contributed by atoms with van der Waals surface area (Å²) >= 11 is 0. The first kappa shape index (κ1) is 20.5. The lowest BCUT2D eigenvalue weighted by atomic mass is 9.98. The van der Waals surface area contributed by atoms with Crippen molar-refractivity contribution in [1.82, 2.24) is 5.32 Å². The van der Waals surface area contributed by atoms with Crippen molar-refractivity contribution in [3.05, 3.63) is 29.3 Å². The maximum Gasteiger partial charge on any atom is 0.313 e. The number of anilines is 1. The number of rotatable bonds is 2. The highest BCUT2D eigenvalue weighted by molar-refractivity contribution is 6.39. The van der Waals surface area contributed by atoms with Gasteiger partial charge in [-0.3, -0.25) is 9.59 Å². The highest BCUT2D eigenvalue weighted by Gasteiger charge is 2.19. The van der Waals surface area contributed by atoms with Gasteiger partial charge in [0.1, 0.15) is 0 Å². The summed E-state index contributed by atoms with van der Waals surface area (Å²) in [6.07, 6.45) is 13.2. The fraction of sp³-hybridized carbons (Fsp3) is 0.636. The monoisotopic (exact) mass is 358 g/mol. The summed E-state index contributed by atoms with van der Waals surface area (Å²) in [5, 5.41) is 5.70. The second-order valence-electron chi connectivity index (χ2n) is 7.76. The second-order valence-corrected chi connectivity index (χ2v) is 7.76. The Balaban J connectivity index is 1.86. The first-order valence-electron chi connectivity index (χ1n) is 10.2. The van der Waals surface area contributed by atoms with Crippen LogP contribution in [0.2, 0.25) is 0 Å². The van der Waals surface area contributed by atoms with Gasteiger partial charge in [0.05, 0.1) is 0 Å². The number of aryl methyl sites for hydroxylation is 2. The summed E-state index contributed by atoms with van der Waals surface area (Å²) < 4.78 is 0. The van der Waals surface area contributed by atoms with Crippen molar-refractivity contribution in [2.45, 2.75) is 90.5 Å². The minimum Gasteiger partial charge on any atom is -0.345 e. The molecule has 4 heteroatoms. The van der Waals surface area contributed by atoms with Crippen LogP contribution in [0.3, 0.4) is 0 Å². The van der Waals surface area contributed by atoms with Crippen molar-refractivity contribution in [2.24, 2.45) is 0 Å². The molecule has 1 aromatic rings. The summed E-state index contributed by atoms with van der Waals surface area (Å²) in [6, 6.07) is 5.93. The van der Waals surface area contributed by atoms with Crippen molar-refractivity contribution in [3.63, 3.8) is 0 Å². The number of hydrogen-bond donors (Lipinski definition) is 2. The van der Waals surface area contributed by atoms with Gasteiger partial charge in [-0.25, -0.2) is 0 Å². The third kappa shape index (κ3) is 7.59. The van der Waals surface area contributed by atoms with Gasteiger partial charge in [-0.2, -0.15) is 0 Å². The van der Waals surface area contributed by atoms with E-state index >= 15 is 0 Å². The van der Waals surface area contributed by atoms with Crippen LogP contribution >= 0.6 is 0 Å². The van der Waals surface area contributed by atoms with E-state index in [0.29, 0.717) is 5.69 Å². The first-order chi connectivity index (χ1) is 12.5. The molecule has 1 fully saturated rings. The molecule has 4 nitrogen and oxygen atoms in total. The lowest BCUT2D eigenvalue weighted by Gasteiger charge is -2.19. The van der Waals surface area contributed by atoms with Crippen LogP contribution in [0.25, 0.3) is 0 Å². The normalized spacial score (nSPS) is 17.6. The molecule has 0 spiro atoms. The van der Waals surface area contributed by atoms with Gasteiger partial charge < -0.3 is 10.6 Å². The number of benzene rings is 1. The van der Waals surface area contributed by atoms with E-state index in [1.165, 1.54) is 44.9 Å². The van der Waals surface area contributed by atoms with E-state index in [-0.39, 0.29) is 6.04 Å².